The zero-order chi connectivity index (χ0) is 17.6. The number of benzene rings is 2. The Bertz CT molecular complexity index is 929. The summed E-state index contributed by atoms with van der Waals surface area (Å²) in [5.74, 6) is 0.00550. The van der Waals surface area contributed by atoms with E-state index in [1.165, 1.54) is 0 Å². The quantitative estimate of drug-likeness (QED) is 0.308. The second-order valence-corrected chi connectivity index (χ2v) is 5.91. The summed E-state index contributed by atoms with van der Waals surface area (Å²) >= 11 is 3.50. The summed E-state index contributed by atoms with van der Waals surface area (Å²) in [6.07, 6.45) is 3.39. The van der Waals surface area contributed by atoms with Gasteiger partial charge in [-0.3, -0.25) is 0 Å². The molecule has 0 unspecified atom stereocenters. The standard InChI is InChI=1S/C18H14BrN3O3/c19-17-14-4-2-1-3-12(14)5-6-15(17)24-11-16(23)25-22-18(20)13-7-9-21-10-8-13/h1-10H,11H2,(H2,20,22)/p+1. The highest BCUT2D eigenvalue weighted by molar-refractivity contribution is 9.10. The van der Waals surface area contributed by atoms with E-state index in [-0.39, 0.29) is 12.4 Å². The maximum atomic E-state index is 11.8. The molecule has 3 aromatic rings. The lowest BCUT2D eigenvalue weighted by molar-refractivity contribution is -0.378. The van der Waals surface area contributed by atoms with Crippen LogP contribution in [0.3, 0.4) is 0 Å². The molecule has 25 heavy (non-hydrogen) atoms. The molecular formula is C18H15BrN3O3+. The van der Waals surface area contributed by atoms with E-state index in [1.807, 2.05) is 30.3 Å². The average Bonchev–Trinajstić information content (AvgIpc) is 2.66. The molecule has 0 aliphatic rings. The van der Waals surface area contributed by atoms with E-state index in [1.54, 1.807) is 30.6 Å². The van der Waals surface area contributed by atoms with Gasteiger partial charge in [0.25, 0.3) is 0 Å². The van der Waals surface area contributed by atoms with Gasteiger partial charge in [0.1, 0.15) is 5.75 Å². The number of aromatic nitrogens is 1. The van der Waals surface area contributed by atoms with Crippen molar-refractivity contribution in [3.8, 4) is 5.75 Å². The molecule has 0 radical (unpaired) electrons. The molecule has 0 aliphatic heterocycles. The first-order valence-electron chi connectivity index (χ1n) is 7.45. The van der Waals surface area contributed by atoms with Crippen molar-refractivity contribution in [2.24, 2.45) is 10.9 Å². The van der Waals surface area contributed by atoms with Crippen molar-refractivity contribution in [1.29, 1.82) is 0 Å². The van der Waals surface area contributed by atoms with Gasteiger partial charge in [0.2, 0.25) is 0 Å². The number of fused-ring (bicyclic) bond motifs is 1. The predicted octanol–water partition coefficient (Wildman–Crippen LogP) is 2.66. The molecule has 0 atom stereocenters. The Morgan fingerprint density at radius 2 is 1.88 bits per heavy atom. The first kappa shape index (κ1) is 16.9. The van der Waals surface area contributed by atoms with Crippen LogP contribution in [0.2, 0.25) is 0 Å². The minimum absolute atomic E-state index is 0.106. The second kappa shape index (κ2) is 7.76. The Hall–Kier alpha value is -2.93. The minimum atomic E-state index is -0.648. The van der Waals surface area contributed by atoms with Crippen molar-refractivity contribution in [3.05, 3.63) is 71.0 Å². The van der Waals surface area contributed by atoms with Crippen LogP contribution in [0.5, 0.6) is 5.75 Å². The van der Waals surface area contributed by atoms with Gasteiger partial charge in [-0.1, -0.05) is 35.5 Å². The molecule has 7 heteroatoms. The number of pyridine rings is 1. The van der Waals surface area contributed by atoms with Crippen LogP contribution in [0.25, 0.3) is 10.8 Å². The molecule has 0 saturated heterocycles. The molecular weight excluding hydrogens is 386 g/mol. The number of rotatable bonds is 5. The molecule has 126 valence electrons. The number of amidine groups is 1. The zero-order valence-electron chi connectivity index (χ0n) is 13.1. The first-order valence-corrected chi connectivity index (χ1v) is 8.24. The summed E-state index contributed by atoms with van der Waals surface area (Å²) in [7, 11) is 0. The van der Waals surface area contributed by atoms with Gasteiger partial charge < -0.3 is 15.3 Å². The number of nitrogens with zero attached hydrogens (tertiary/aromatic N) is 1. The third-order valence-corrected chi connectivity index (χ3v) is 4.25. The normalized spacial score (nSPS) is 11.3. The zero-order valence-corrected chi connectivity index (χ0v) is 14.7. The fraction of sp³-hybridized carbons (Fsp3) is 0.0556. The summed E-state index contributed by atoms with van der Waals surface area (Å²) in [5.41, 5.74) is 6.39. The van der Waals surface area contributed by atoms with Crippen LogP contribution in [0, 0.1) is 0 Å². The number of ether oxygens (including phenoxy) is 1. The van der Waals surface area contributed by atoms with Gasteiger partial charge >= 0.3 is 5.97 Å². The van der Waals surface area contributed by atoms with Crippen molar-refractivity contribution >= 4 is 38.5 Å². The van der Waals surface area contributed by atoms with Gasteiger partial charge in [-0.15, -0.1) is 0 Å². The average molecular weight is 401 g/mol. The molecule has 0 spiro atoms. The molecule has 0 fully saturated rings. The van der Waals surface area contributed by atoms with E-state index in [0.29, 0.717) is 11.3 Å². The summed E-state index contributed by atoms with van der Waals surface area (Å²) in [6, 6.07) is 15.0. The summed E-state index contributed by atoms with van der Waals surface area (Å²) in [5, 5.41) is 5.69. The molecule has 3 N–H and O–H groups in total. The van der Waals surface area contributed by atoms with Crippen molar-refractivity contribution in [3.63, 3.8) is 0 Å². The fourth-order valence-corrected chi connectivity index (χ4v) is 2.81. The number of carbonyl (C=O) groups excluding carboxylic acids is 1. The third kappa shape index (κ3) is 4.13. The number of aromatic amines is 1. The lowest BCUT2D eigenvalue weighted by Crippen LogP contribution is -2.18. The summed E-state index contributed by atoms with van der Waals surface area (Å²) in [4.78, 5) is 19.4. The Balaban J connectivity index is 1.62. The number of halogens is 1. The van der Waals surface area contributed by atoms with Crippen LogP contribution in [0.15, 0.2) is 70.6 Å². The van der Waals surface area contributed by atoms with Crippen molar-refractivity contribution in [2.45, 2.75) is 0 Å². The van der Waals surface area contributed by atoms with Crippen LogP contribution in [0.4, 0.5) is 0 Å². The van der Waals surface area contributed by atoms with Gasteiger partial charge in [0.05, 0.1) is 4.47 Å². The first-order chi connectivity index (χ1) is 12.1. The number of hydrogen-bond donors (Lipinski definition) is 1. The van der Waals surface area contributed by atoms with Crippen molar-refractivity contribution < 1.29 is 19.4 Å². The highest BCUT2D eigenvalue weighted by Crippen LogP contribution is 2.32. The van der Waals surface area contributed by atoms with E-state index in [9.17, 15) is 4.79 Å². The van der Waals surface area contributed by atoms with Crippen molar-refractivity contribution in [2.75, 3.05) is 6.61 Å². The van der Waals surface area contributed by atoms with Gasteiger partial charge in [0, 0.05) is 17.7 Å². The van der Waals surface area contributed by atoms with Crippen LogP contribution in [-0.2, 0) is 9.63 Å². The fourth-order valence-electron chi connectivity index (χ4n) is 2.20. The lowest BCUT2D eigenvalue weighted by Gasteiger charge is -2.09. The Morgan fingerprint density at radius 1 is 1.12 bits per heavy atom. The second-order valence-electron chi connectivity index (χ2n) is 5.12. The topological polar surface area (TPSA) is 88.1 Å². The highest BCUT2D eigenvalue weighted by Gasteiger charge is 2.10. The molecule has 2 aromatic carbocycles. The Morgan fingerprint density at radius 3 is 2.68 bits per heavy atom. The minimum Gasteiger partial charge on any atom is -0.481 e. The summed E-state index contributed by atoms with van der Waals surface area (Å²) in [6.45, 7) is -0.281. The van der Waals surface area contributed by atoms with Crippen LogP contribution in [0.1, 0.15) is 5.56 Å². The van der Waals surface area contributed by atoms with Crippen LogP contribution in [-0.4, -0.2) is 18.4 Å². The maximum absolute atomic E-state index is 11.8. The van der Waals surface area contributed by atoms with E-state index < -0.39 is 5.97 Å². The predicted molar refractivity (Wildman–Crippen MR) is 97.0 cm³/mol. The SMILES string of the molecule is NC(=NOC(=O)COc1ccc2ccccc2c1Br)c1cc[nH+]cc1. The number of nitrogens with one attached hydrogen (secondary N) is 1. The molecule has 6 nitrogen and oxygen atoms in total. The summed E-state index contributed by atoms with van der Waals surface area (Å²) < 4.78 is 6.29. The molecule has 1 heterocycles. The molecule has 1 aromatic heterocycles. The van der Waals surface area contributed by atoms with Crippen LogP contribution < -0.4 is 15.5 Å². The molecule has 0 saturated carbocycles. The number of nitrogens with two attached hydrogens (primary N) is 1. The monoisotopic (exact) mass is 400 g/mol. The van der Waals surface area contributed by atoms with Crippen LogP contribution >= 0.6 is 15.9 Å². The maximum Gasteiger partial charge on any atom is 0.372 e. The van der Waals surface area contributed by atoms with Gasteiger partial charge in [-0.05, 0) is 32.8 Å². The Labute approximate surface area is 152 Å². The smallest absolute Gasteiger partial charge is 0.372 e. The van der Waals surface area contributed by atoms with E-state index in [0.717, 1.165) is 15.2 Å². The number of carbonyl (C=O) groups is 1. The lowest BCUT2D eigenvalue weighted by atomic mass is 10.1. The van der Waals surface area contributed by atoms with E-state index in [4.69, 9.17) is 15.3 Å². The molecule has 3 rings (SSSR count). The van der Waals surface area contributed by atoms with Gasteiger partial charge in [-0.25, -0.2) is 9.78 Å². The van der Waals surface area contributed by atoms with Gasteiger partial charge in [0.15, 0.2) is 24.8 Å². The van der Waals surface area contributed by atoms with Gasteiger partial charge in [-0.2, -0.15) is 0 Å². The number of oxime groups is 1. The van der Waals surface area contributed by atoms with E-state index in [2.05, 4.69) is 26.1 Å². The molecule has 0 bridgehead atoms. The number of hydrogen-bond acceptors (Lipinski definition) is 4. The Kier molecular flexibility index (Phi) is 5.25. The molecule has 0 amide bonds. The highest BCUT2D eigenvalue weighted by atomic mass is 79.9. The van der Waals surface area contributed by atoms with Crippen molar-refractivity contribution in [1.82, 2.24) is 0 Å². The molecule has 0 aliphatic carbocycles. The van der Waals surface area contributed by atoms with E-state index >= 15 is 0 Å². The number of H-pyrrole nitrogens is 1. The third-order valence-electron chi connectivity index (χ3n) is 3.43. The largest absolute Gasteiger partial charge is 0.481 e.